The molecule has 0 bridgehead atoms. The Morgan fingerprint density at radius 2 is 2.10 bits per heavy atom. The third-order valence-corrected chi connectivity index (χ3v) is 3.35. The first kappa shape index (κ1) is 14.3. The molecule has 6 nitrogen and oxygen atoms in total. The van der Waals surface area contributed by atoms with Gasteiger partial charge < -0.3 is 10.1 Å². The van der Waals surface area contributed by atoms with E-state index in [1.807, 2.05) is 6.92 Å². The minimum absolute atomic E-state index is 0.139. The number of carbonyl (C=O) groups excluding carboxylic acids is 1. The summed E-state index contributed by atoms with van der Waals surface area (Å²) in [5, 5.41) is 13.8. The van der Waals surface area contributed by atoms with Crippen molar-refractivity contribution in [2.75, 3.05) is 6.61 Å². The van der Waals surface area contributed by atoms with E-state index in [0.717, 1.165) is 17.7 Å². The fourth-order valence-electron chi connectivity index (χ4n) is 2.31. The molecule has 1 N–H and O–H groups in total. The molecule has 2 atom stereocenters. The number of carbonyl (C=O) groups is 1. The molecule has 6 heteroatoms. The van der Waals surface area contributed by atoms with E-state index in [2.05, 4.69) is 5.32 Å². The number of nitro groups is 1. The minimum Gasteiger partial charge on any atom is -0.494 e. The maximum atomic E-state index is 11.5. The Kier molecular flexibility index (Phi) is 4.55. The summed E-state index contributed by atoms with van der Waals surface area (Å²) in [6.45, 7) is 2.66. The van der Waals surface area contributed by atoms with Crippen molar-refractivity contribution >= 4 is 5.91 Å². The summed E-state index contributed by atoms with van der Waals surface area (Å²) in [7, 11) is 0. The molecule has 1 aromatic carbocycles. The summed E-state index contributed by atoms with van der Waals surface area (Å²) in [6.07, 6.45) is 1.40. The Bertz CT molecular complexity index is 486. The van der Waals surface area contributed by atoms with Crippen molar-refractivity contribution < 1.29 is 14.5 Å². The second kappa shape index (κ2) is 6.36. The lowest BCUT2D eigenvalue weighted by atomic mass is 9.92. The molecule has 0 spiro atoms. The van der Waals surface area contributed by atoms with Gasteiger partial charge in [0.05, 0.1) is 6.61 Å². The van der Waals surface area contributed by atoms with Gasteiger partial charge in [-0.15, -0.1) is 0 Å². The summed E-state index contributed by atoms with van der Waals surface area (Å²) in [6, 6.07) is 5.78. The molecule has 0 aliphatic carbocycles. The molecule has 0 radical (unpaired) electrons. The van der Waals surface area contributed by atoms with Gasteiger partial charge in [-0.3, -0.25) is 14.9 Å². The monoisotopic (exact) mass is 278 g/mol. The van der Waals surface area contributed by atoms with E-state index in [1.54, 1.807) is 24.3 Å². The van der Waals surface area contributed by atoms with Crippen molar-refractivity contribution in [2.45, 2.75) is 38.3 Å². The predicted molar refractivity (Wildman–Crippen MR) is 73.1 cm³/mol. The van der Waals surface area contributed by atoms with Gasteiger partial charge in [0, 0.05) is 17.8 Å². The molecular formula is C14H18N2O4. The Hall–Kier alpha value is -2.11. The molecule has 0 saturated carbocycles. The molecule has 1 aliphatic heterocycles. The molecule has 1 aliphatic rings. The zero-order chi connectivity index (χ0) is 14.5. The number of rotatable bonds is 5. The number of nitrogens with one attached hydrogen (secondary N) is 1. The van der Waals surface area contributed by atoms with Crippen LogP contribution in [-0.2, 0) is 4.79 Å². The van der Waals surface area contributed by atoms with Crippen LogP contribution in [0, 0.1) is 10.1 Å². The van der Waals surface area contributed by atoms with Gasteiger partial charge in [-0.05, 0) is 24.1 Å². The normalized spacial score (nSPS) is 22.1. The third kappa shape index (κ3) is 3.26. The number of nitrogens with zero attached hydrogens (tertiary/aromatic N) is 1. The van der Waals surface area contributed by atoms with E-state index >= 15 is 0 Å². The molecule has 1 fully saturated rings. The molecule has 0 unspecified atom stereocenters. The number of amides is 1. The quantitative estimate of drug-likeness (QED) is 0.660. The van der Waals surface area contributed by atoms with E-state index < -0.39 is 12.1 Å². The van der Waals surface area contributed by atoms with Crippen molar-refractivity contribution in [3.05, 3.63) is 39.9 Å². The van der Waals surface area contributed by atoms with Crippen LogP contribution in [0.25, 0.3) is 0 Å². The van der Waals surface area contributed by atoms with Crippen LogP contribution >= 0.6 is 0 Å². The van der Waals surface area contributed by atoms with Gasteiger partial charge in [-0.25, -0.2) is 0 Å². The van der Waals surface area contributed by atoms with Gasteiger partial charge in [0.2, 0.25) is 11.9 Å². The van der Waals surface area contributed by atoms with Gasteiger partial charge in [-0.1, -0.05) is 19.1 Å². The van der Waals surface area contributed by atoms with Crippen LogP contribution in [0.5, 0.6) is 5.75 Å². The Labute approximate surface area is 117 Å². The van der Waals surface area contributed by atoms with E-state index in [9.17, 15) is 14.9 Å². The first-order valence-corrected chi connectivity index (χ1v) is 6.77. The van der Waals surface area contributed by atoms with Crippen molar-refractivity contribution in [2.24, 2.45) is 0 Å². The van der Waals surface area contributed by atoms with Crippen LogP contribution in [0.4, 0.5) is 0 Å². The highest BCUT2D eigenvalue weighted by atomic mass is 16.6. The number of ether oxygens (including phenoxy) is 1. The van der Waals surface area contributed by atoms with Gasteiger partial charge in [0.1, 0.15) is 11.8 Å². The average Bonchev–Trinajstić information content (AvgIpc) is 2.45. The molecule has 1 amide bonds. The molecule has 2 rings (SSSR count). The highest BCUT2D eigenvalue weighted by Crippen LogP contribution is 2.27. The van der Waals surface area contributed by atoms with Crippen LogP contribution < -0.4 is 10.1 Å². The SMILES string of the molecule is CCCOc1ccc([C@H]2NC(=O)CC[C@@H]2[N+](=O)[O-])cc1. The minimum atomic E-state index is -0.768. The van der Waals surface area contributed by atoms with Gasteiger partial charge in [0.25, 0.3) is 0 Å². The molecule has 1 heterocycles. The fraction of sp³-hybridized carbons (Fsp3) is 0.500. The van der Waals surface area contributed by atoms with E-state index in [4.69, 9.17) is 4.74 Å². The predicted octanol–water partition coefficient (Wildman–Crippen LogP) is 2.07. The summed E-state index contributed by atoms with van der Waals surface area (Å²) >= 11 is 0. The van der Waals surface area contributed by atoms with E-state index in [1.165, 1.54) is 0 Å². The molecule has 1 saturated heterocycles. The summed E-state index contributed by atoms with van der Waals surface area (Å²) in [5.74, 6) is 0.592. The molecule has 108 valence electrons. The lowest BCUT2D eigenvalue weighted by molar-refractivity contribution is -0.529. The zero-order valence-corrected chi connectivity index (χ0v) is 11.4. The average molecular weight is 278 g/mol. The summed E-state index contributed by atoms with van der Waals surface area (Å²) < 4.78 is 5.47. The fourth-order valence-corrected chi connectivity index (χ4v) is 2.31. The highest BCUT2D eigenvalue weighted by Gasteiger charge is 2.37. The second-order valence-electron chi connectivity index (χ2n) is 4.85. The number of benzene rings is 1. The highest BCUT2D eigenvalue weighted by molar-refractivity contribution is 5.77. The largest absolute Gasteiger partial charge is 0.494 e. The lowest BCUT2D eigenvalue weighted by Crippen LogP contribution is -2.45. The second-order valence-corrected chi connectivity index (χ2v) is 4.85. The van der Waals surface area contributed by atoms with Crippen LogP contribution in [-0.4, -0.2) is 23.5 Å². The van der Waals surface area contributed by atoms with E-state index in [0.29, 0.717) is 6.61 Å². The first-order valence-electron chi connectivity index (χ1n) is 6.77. The van der Waals surface area contributed by atoms with Crippen molar-refractivity contribution in [1.82, 2.24) is 5.32 Å². The van der Waals surface area contributed by atoms with Crippen molar-refractivity contribution in [1.29, 1.82) is 0 Å². The molecule has 20 heavy (non-hydrogen) atoms. The summed E-state index contributed by atoms with van der Waals surface area (Å²) in [4.78, 5) is 22.2. The Morgan fingerprint density at radius 3 is 2.70 bits per heavy atom. The smallest absolute Gasteiger partial charge is 0.237 e. The number of hydrogen-bond acceptors (Lipinski definition) is 4. The standard InChI is InChI=1S/C14H18N2O4/c1-2-9-20-11-5-3-10(4-6-11)14-12(16(18)19)7-8-13(17)15-14/h3-6,12,14H,2,7-9H2,1H3,(H,15,17)/t12-,14+/m0/s1. The van der Waals surface area contributed by atoms with Gasteiger partial charge in [0.15, 0.2) is 0 Å². The lowest BCUT2D eigenvalue weighted by Gasteiger charge is -2.26. The maximum Gasteiger partial charge on any atom is 0.237 e. The van der Waals surface area contributed by atoms with E-state index in [-0.39, 0.29) is 23.7 Å². The molecule has 0 aromatic heterocycles. The molecular weight excluding hydrogens is 260 g/mol. The Morgan fingerprint density at radius 1 is 1.40 bits per heavy atom. The first-order chi connectivity index (χ1) is 9.61. The number of hydrogen-bond donors (Lipinski definition) is 1. The maximum absolute atomic E-state index is 11.5. The van der Waals surface area contributed by atoms with Gasteiger partial charge >= 0.3 is 0 Å². The molecule has 1 aromatic rings. The van der Waals surface area contributed by atoms with Crippen LogP contribution in [0.2, 0.25) is 0 Å². The number of piperidine rings is 1. The Balaban J connectivity index is 2.14. The third-order valence-electron chi connectivity index (χ3n) is 3.35. The van der Waals surface area contributed by atoms with Crippen molar-refractivity contribution in [3.8, 4) is 5.75 Å². The van der Waals surface area contributed by atoms with Crippen LogP contribution in [0.15, 0.2) is 24.3 Å². The van der Waals surface area contributed by atoms with Gasteiger partial charge in [-0.2, -0.15) is 0 Å². The van der Waals surface area contributed by atoms with Crippen molar-refractivity contribution in [3.63, 3.8) is 0 Å². The summed E-state index contributed by atoms with van der Waals surface area (Å²) in [5.41, 5.74) is 0.739. The van der Waals surface area contributed by atoms with Crippen LogP contribution in [0.1, 0.15) is 37.8 Å². The topological polar surface area (TPSA) is 81.5 Å². The van der Waals surface area contributed by atoms with Crippen LogP contribution in [0.3, 0.4) is 0 Å². The zero-order valence-electron chi connectivity index (χ0n) is 11.4.